The highest BCUT2D eigenvalue weighted by Crippen LogP contribution is 2.15. The zero-order valence-electron chi connectivity index (χ0n) is 10.6. The molecule has 0 aliphatic carbocycles. The lowest BCUT2D eigenvalue weighted by molar-refractivity contribution is 0.252. The molecule has 102 valence electrons. The van der Waals surface area contributed by atoms with E-state index in [4.69, 9.17) is 0 Å². The van der Waals surface area contributed by atoms with E-state index in [9.17, 15) is 13.2 Å². The molecule has 1 aromatic rings. The first-order chi connectivity index (χ1) is 8.22. The van der Waals surface area contributed by atoms with Crippen LogP contribution >= 0.6 is 11.5 Å². The zero-order chi connectivity index (χ0) is 13.8. The van der Waals surface area contributed by atoms with Crippen LogP contribution in [0, 0.1) is 0 Å². The Kier molecular flexibility index (Phi) is 4.69. The summed E-state index contributed by atoms with van der Waals surface area (Å²) in [4.78, 5) is 11.4. The monoisotopic (exact) mass is 291 g/mol. The molecule has 0 aliphatic heterocycles. The van der Waals surface area contributed by atoms with Crippen molar-refractivity contribution in [3.8, 4) is 0 Å². The molecular formula is C10H17N3O3S2. The van der Waals surface area contributed by atoms with Crippen LogP contribution in [0.15, 0.2) is 11.6 Å². The van der Waals surface area contributed by atoms with Gasteiger partial charge in [0.25, 0.3) is 0 Å². The minimum atomic E-state index is -3.21. The molecule has 0 spiro atoms. The Morgan fingerprint density at radius 3 is 2.61 bits per heavy atom. The van der Waals surface area contributed by atoms with Crippen LogP contribution < -0.4 is 10.6 Å². The number of aromatic nitrogens is 1. The van der Waals surface area contributed by atoms with E-state index in [1.807, 2.05) is 0 Å². The van der Waals surface area contributed by atoms with Gasteiger partial charge in [0, 0.05) is 11.9 Å². The molecule has 2 N–H and O–H groups in total. The summed E-state index contributed by atoms with van der Waals surface area (Å²) in [5.41, 5.74) is 0.594. The fraction of sp³-hybridized carbons (Fsp3) is 0.600. The molecule has 18 heavy (non-hydrogen) atoms. The van der Waals surface area contributed by atoms with Crippen molar-refractivity contribution < 1.29 is 13.2 Å². The average Bonchev–Trinajstić information content (AvgIpc) is 2.68. The molecule has 0 bridgehead atoms. The van der Waals surface area contributed by atoms with E-state index in [0.29, 0.717) is 5.69 Å². The Bertz CT molecular complexity index is 489. The maximum atomic E-state index is 11.8. The van der Waals surface area contributed by atoms with Gasteiger partial charge < -0.3 is 10.6 Å². The predicted octanol–water partition coefficient (Wildman–Crippen LogP) is 1.48. The molecule has 6 nitrogen and oxygen atoms in total. The molecule has 0 fully saturated rings. The summed E-state index contributed by atoms with van der Waals surface area (Å²) in [5.74, 6) is -0.0776. The van der Waals surface area contributed by atoms with E-state index in [1.165, 1.54) is 17.7 Å². The lowest BCUT2D eigenvalue weighted by Crippen LogP contribution is -2.37. The third kappa shape index (κ3) is 4.26. The summed E-state index contributed by atoms with van der Waals surface area (Å²) >= 11 is 1.22. The van der Waals surface area contributed by atoms with Crippen molar-refractivity contribution in [2.75, 3.05) is 17.6 Å². The molecule has 0 aliphatic rings. The molecule has 0 unspecified atom stereocenters. The quantitative estimate of drug-likeness (QED) is 0.879. The van der Waals surface area contributed by atoms with Gasteiger partial charge in [-0.05, 0) is 32.3 Å². The topological polar surface area (TPSA) is 88.2 Å². The number of nitrogens with one attached hydrogen (secondary N) is 2. The molecular weight excluding hydrogens is 274 g/mol. The van der Waals surface area contributed by atoms with E-state index in [-0.39, 0.29) is 12.3 Å². The van der Waals surface area contributed by atoms with Crippen molar-refractivity contribution in [3.05, 3.63) is 11.6 Å². The summed E-state index contributed by atoms with van der Waals surface area (Å²) in [7, 11) is -3.21. The molecule has 2 amide bonds. The molecule has 1 aromatic heterocycles. The minimum absolute atomic E-state index is 0.0776. The highest BCUT2D eigenvalue weighted by Gasteiger charge is 2.28. The van der Waals surface area contributed by atoms with E-state index < -0.39 is 20.6 Å². The normalized spacial score (nSPS) is 12.2. The maximum Gasteiger partial charge on any atom is 0.319 e. The molecule has 1 heterocycles. The molecule has 8 heteroatoms. The van der Waals surface area contributed by atoms with Crippen molar-refractivity contribution >= 4 is 33.1 Å². The van der Waals surface area contributed by atoms with Gasteiger partial charge in [-0.2, -0.15) is 4.37 Å². The fourth-order valence-corrected chi connectivity index (χ4v) is 2.50. The molecule has 0 aromatic carbocycles. The average molecular weight is 291 g/mol. The van der Waals surface area contributed by atoms with Crippen LogP contribution in [0.2, 0.25) is 0 Å². The van der Waals surface area contributed by atoms with Crippen LogP contribution in [0.5, 0.6) is 0 Å². The van der Waals surface area contributed by atoms with Gasteiger partial charge in [0.1, 0.15) is 0 Å². The van der Waals surface area contributed by atoms with Crippen LogP contribution in [0.1, 0.15) is 20.8 Å². The van der Waals surface area contributed by atoms with E-state index in [2.05, 4.69) is 15.0 Å². The van der Waals surface area contributed by atoms with E-state index >= 15 is 0 Å². The Morgan fingerprint density at radius 2 is 2.11 bits per heavy atom. The lowest BCUT2D eigenvalue weighted by Gasteiger charge is -2.19. The fourth-order valence-electron chi connectivity index (χ4n) is 1.05. The number of anilines is 1. The first-order valence-electron chi connectivity index (χ1n) is 5.39. The summed E-state index contributed by atoms with van der Waals surface area (Å²) in [6.45, 7) is 5.00. The number of carbonyl (C=O) groups excluding carboxylic acids is 1. The number of amides is 2. The highest BCUT2D eigenvalue weighted by molar-refractivity contribution is 7.92. The van der Waals surface area contributed by atoms with Gasteiger partial charge in [-0.15, -0.1) is 0 Å². The Hall–Kier alpha value is -1.15. The lowest BCUT2D eigenvalue weighted by atomic mass is 10.3. The summed E-state index contributed by atoms with van der Waals surface area (Å²) in [6.07, 6.45) is 1.52. The van der Waals surface area contributed by atoms with Crippen LogP contribution in [0.25, 0.3) is 0 Å². The van der Waals surface area contributed by atoms with Gasteiger partial charge in [0.15, 0.2) is 9.84 Å². The smallest absolute Gasteiger partial charge is 0.319 e. The van der Waals surface area contributed by atoms with Crippen molar-refractivity contribution in [3.63, 3.8) is 0 Å². The highest BCUT2D eigenvalue weighted by atomic mass is 32.2. The number of hydrogen-bond donors (Lipinski definition) is 2. The van der Waals surface area contributed by atoms with E-state index in [1.54, 1.807) is 26.2 Å². The molecule has 0 atom stereocenters. The zero-order valence-corrected chi connectivity index (χ0v) is 12.2. The number of carbonyl (C=O) groups is 1. The van der Waals surface area contributed by atoms with Crippen LogP contribution in [-0.2, 0) is 9.84 Å². The standard InChI is InChI=1S/C10H17N3O3S2/c1-10(2,3)18(15,16)5-4-11-9(14)13-8-6-12-17-7-8/h6-7H,4-5H2,1-3H3,(H2,11,13,14). The first-order valence-corrected chi connectivity index (χ1v) is 7.88. The maximum absolute atomic E-state index is 11.8. The van der Waals surface area contributed by atoms with Crippen molar-refractivity contribution in [2.45, 2.75) is 25.5 Å². The number of sulfone groups is 1. The van der Waals surface area contributed by atoms with Crippen molar-refractivity contribution in [2.24, 2.45) is 0 Å². The first kappa shape index (κ1) is 14.9. The third-order valence-electron chi connectivity index (χ3n) is 2.28. The Balaban J connectivity index is 2.37. The van der Waals surface area contributed by atoms with Gasteiger partial charge in [-0.25, -0.2) is 13.2 Å². The van der Waals surface area contributed by atoms with Gasteiger partial charge in [-0.3, -0.25) is 0 Å². The molecule has 0 radical (unpaired) electrons. The van der Waals surface area contributed by atoms with Gasteiger partial charge in [0.2, 0.25) is 0 Å². The SMILES string of the molecule is CC(C)(C)S(=O)(=O)CCNC(=O)Nc1cnsc1. The molecule has 0 saturated heterocycles. The van der Waals surface area contributed by atoms with E-state index in [0.717, 1.165) is 0 Å². The van der Waals surface area contributed by atoms with Crippen LogP contribution in [0.3, 0.4) is 0 Å². The second kappa shape index (κ2) is 5.66. The van der Waals surface area contributed by atoms with Gasteiger partial charge >= 0.3 is 6.03 Å². The minimum Gasteiger partial charge on any atom is -0.337 e. The largest absolute Gasteiger partial charge is 0.337 e. The summed E-state index contributed by atoms with van der Waals surface area (Å²) in [6, 6.07) is -0.431. The second-order valence-electron chi connectivity index (χ2n) is 4.73. The molecule has 0 saturated carbocycles. The third-order valence-corrected chi connectivity index (χ3v) is 5.47. The number of hydrogen-bond acceptors (Lipinski definition) is 5. The van der Waals surface area contributed by atoms with Crippen LogP contribution in [0.4, 0.5) is 10.5 Å². The van der Waals surface area contributed by atoms with Crippen molar-refractivity contribution in [1.29, 1.82) is 0 Å². The second-order valence-corrected chi connectivity index (χ2v) is 8.25. The predicted molar refractivity (Wildman–Crippen MR) is 72.7 cm³/mol. The van der Waals surface area contributed by atoms with Gasteiger partial charge in [-0.1, -0.05) is 0 Å². The molecule has 1 rings (SSSR count). The van der Waals surface area contributed by atoms with Crippen molar-refractivity contribution in [1.82, 2.24) is 9.69 Å². The van der Waals surface area contributed by atoms with Crippen LogP contribution in [-0.4, -0.2) is 35.9 Å². The Morgan fingerprint density at radius 1 is 1.44 bits per heavy atom. The number of nitrogens with zero attached hydrogens (tertiary/aromatic N) is 1. The summed E-state index contributed by atoms with van der Waals surface area (Å²) in [5, 5.41) is 6.73. The Labute approximate surface area is 111 Å². The number of urea groups is 1. The van der Waals surface area contributed by atoms with Gasteiger partial charge in [0.05, 0.1) is 22.4 Å². The summed E-state index contributed by atoms with van der Waals surface area (Å²) < 4.78 is 26.6. The number of rotatable bonds is 4.